The highest BCUT2D eigenvalue weighted by Gasteiger charge is 2.13. The maximum Gasteiger partial charge on any atom is 0.335 e. The van der Waals surface area contributed by atoms with E-state index in [1.54, 1.807) is 12.1 Å². The Labute approximate surface area is 177 Å². The van der Waals surface area contributed by atoms with Crippen molar-refractivity contribution in [3.05, 3.63) is 90.0 Å². The summed E-state index contributed by atoms with van der Waals surface area (Å²) in [5.41, 5.74) is 3.81. The summed E-state index contributed by atoms with van der Waals surface area (Å²) in [6.07, 6.45) is 0. The average Bonchev–Trinajstić information content (AvgIpc) is 3.11. The van der Waals surface area contributed by atoms with Crippen LogP contribution in [0, 0.1) is 0 Å². The van der Waals surface area contributed by atoms with Crippen molar-refractivity contribution in [2.45, 2.75) is 11.7 Å². The fourth-order valence-electron chi connectivity index (χ4n) is 3.11. The van der Waals surface area contributed by atoms with Crippen molar-refractivity contribution in [2.24, 2.45) is 0 Å². The molecular formula is C23H19N3O3S. The summed E-state index contributed by atoms with van der Waals surface area (Å²) < 4.78 is 2.12. The standard InChI is InChI=1S/C23H19N3O3S/c27-21(24-18-12-10-17(11-13-18)22(28)29)15-30-23-25-19-8-4-5-9-20(19)26(23)14-16-6-2-1-3-7-16/h1-13H,14-15H2,(H,24,27)(H,28,29). The lowest BCUT2D eigenvalue weighted by atomic mass is 10.2. The highest BCUT2D eigenvalue weighted by molar-refractivity contribution is 7.99. The molecule has 0 bridgehead atoms. The fourth-order valence-corrected chi connectivity index (χ4v) is 3.92. The summed E-state index contributed by atoms with van der Waals surface area (Å²) in [5.74, 6) is -0.985. The van der Waals surface area contributed by atoms with Crippen molar-refractivity contribution in [1.82, 2.24) is 9.55 Å². The lowest BCUT2D eigenvalue weighted by Crippen LogP contribution is -2.15. The van der Waals surface area contributed by atoms with E-state index in [1.165, 1.54) is 23.9 Å². The van der Waals surface area contributed by atoms with Gasteiger partial charge in [-0.15, -0.1) is 0 Å². The van der Waals surface area contributed by atoms with E-state index >= 15 is 0 Å². The molecule has 150 valence electrons. The predicted molar refractivity (Wildman–Crippen MR) is 118 cm³/mol. The molecular weight excluding hydrogens is 398 g/mol. The molecule has 3 aromatic carbocycles. The Balaban J connectivity index is 1.48. The number of amides is 1. The molecule has 0 aliphatic rings. The molecule has 0 unspecified atom stereocenters. The Morgan fingerprint density at radius 1 is 0.933 bits per heavy atom. The number of thioether (sulfide) groups is 1. The molecule has 0 radical (unpaired) electrons. The molecule has 2 N–H and O–H groups in total. The summed E-state index contributed by atoms with van der Waals surface area (Å²) in [7, 11) is 0. The fraction of sp³-hybridized carbons (Fsp3) is 0.0870. The first-order chi connectivity index (χ1) is 14.6. The van der Waals surface area contributed by atoms with Gasteiger partial charge >= 0.3 is 5.97 Å². The van der Waals surface area contributed by atoms with Crippen LogP contribution in [0.25, 0.3) is 11.0 Å². The van der Waals surface area contributed by atoms with E-state index in [0.717, 1.165) is 21.8 Å². The molecule has 1 heterocycles. The summed E-state index contributed by atoms with van der Waals surface area (Å²) >= 11 is 1.37. The molecule has 1 amide bonds. The predicted octanol–water partition coefficient (Wildman–Crippen LogP) is 4.51. The van der Waals surface area contributed by atoms with Crippen LogP contribution in [-0.2, 0) is 11.3 Å². The lowest BCUT2D eigenvalue weighted by molar-refractivity contribution is -0.113. The number of nitrogens with one attached hydrogen (secondary N) is 1. The second-order valence-corrected chi connectivity index (χ2v) is 7.62. The van der Waals surface area contributed by atoms with Gasteiger partial charge in [-0.3, -0.25) is 4.79 Å². The van der Waals surface area contributed by atoms with E-state index in [4.69, 9.17) is 10.1 Å². The van der Waals surface area contributed by atoms with E-state index in [-0.39, 0.29) is 17.2 Å². The second-order valence-electron chi connectivity index (χ2n) is 6.67. The Kier molecular flexibility index (Phi) is 5.81. The first kappa shape index (κ1) is 19.7. The van der Waals surface area contributed by atoms with Gasteiger partial charge in [-0.2, -0.15) is 0 Å². The number of fused-ring (bicyclic) bond motifs is 1. The van der Waals surface area contributed by atoms with Crippen LogP contribution >= 0.6 is 11.8 Å². The normalized spacial score (nSPS) is 10.8. The third-order valence-corrected chi connectivity index (χ3v) is 5.53. The number of aromatic carboxylic acids is 1. The molecule has 0 aliphatic heterocycles. The van der Waals surface area contributed by atoms with Crippen LogP contribution in [0.1, 0.15) is 15.9 Å². The van der Waals surface area contributed by atoms with Crippen LogP contribution in [0.4, 0.5) is 5.69 Å². The first-order valence-electron chi connectivity index (χ1n) is 9.35. The van der Waals surface area contributed by atoms with Crippen LogP contribution in [0.2, 0.25) is 0 Å². The topological polar surface area (TPSA) is 84.2 Å². The Morgan fingerprint density at radius 2 is 1.63 bits per heavy atom. The lowest BCUT2D eigenvalue weighted by Gasteiger charge is -2.09. The number of carboxylic acids is 1. The largest absolute Gasteiger partial charge is 0.478 e. The van der Waals surface area contributed by atoms with Crippen molar-refractivity contribution in [1.29, 1.82) is 0 Å². The molecule has 30 heavy (non-hydrogen) atoms. The van der Waals surface area contributed by atoms with Crippen molar-refractivity contribution in [3.63, 3.8) is 0 Å². The number of nitrogens with zero attached hydrogens (tertiary/aromatic N) is 2. The number of carboxylic acid groups (broad SMARTS) is 1. The van der Waals surface area contributed by atoms with E-state index in [1.807, 2.05) is 42.5 Å². The monoisotopic (exact) mass is 417 g/mol. The van der Waals surface area contributed by atoms with Gasteiger partial charge in [-0.25, -0.2) is 9.78 Å². The summed E-state index contributed by atoms with van der Waals surface area (Å²) in [4.78, 5) is 28.0. The number of aromatic nitrogens is 2. The van der Waals surface area contributed by atoms with Crippen molar-refractivity contribution in [2.75, 3.05) is 11.1 Å². The van der Waals surface area contributed by atoms with Gasteiger partial charge in [0, 0.05) is 5.69 Å². The van der Waals surface area contributed by atoms with Crippen molar-refractivity contribution in [3.8, 4) is 0 Å². The smallest absolute Gasteiger partial charge is 0.335 e. The summed E-state index contributed by atoms with van der Waals surface area (Å²) in [6, 6.07) is 24.1. The molecule has 0 spiro atoms. The molecule has 0 saturated carbocycles. The number of hydrogen-bond donors (Lipinski definition) is 2. The second kappa shape index (κ2) is 8.84. The van der Waals surface area contributed by atoms with Gasteiger partial charge in [0.15, 0.2) is 5.16 Å². The first-order valence-corrected chi connectivity index (χ1v) is 10.3. The molecule has 0 atom stereocenters. The Bertz CT molecular complexity index is 1190. The van der Waals surface area contributed by atoms with Crippen LogP contribution in [0.3, 0.4) is 0 Å². The third kappa shape index (κ3) is 4.52. The zero-order valence-electron chi connectivity index (χ0n) is 16.0. The minimum absolute atomic E-state index is 0.178. The van der Waals surface area contributed by atoms with Gasteiger partial charge in [0.25, 0.3) is 0 Å². The number of anilines is 1. The van der Waals surface area contributed by atoms with E-state index in [2.05, 4.69) is 22.0 Å². The quantitative estimate of drug-likeness (QED) is 0.432. The maximum absolute atomic E-state index is 12.4. The highest BCUT2D eigenvalue weighted by atomic mass is 32.2. The summed E-state index contributed by atoms with van der Waals surface area (Å²) in [6.45, 7) is 0.669. The zero-order chi connectivity index (χ0) is 20.9. The number of benzene rings is 3. The van der Waals surface area contributed by atoms with Crippen LogP contribution in [0.15, 0.2) is 84.0 Å². The van der Waals surface area contributed by atoms with Gasteiger partial charge in [0.2, 0.25) is 5.91 Å². The average molecular weight is 417 g/mol. The molecule has 4 aromatic rings. The van der Waals surface area contributed by atoms with Gasteiger partial charge in [-0.1, -0.05) is 54.2 Å². The Morgan fingerprint density at radius 3 is 2.37 bits per heavy atom. The number of carbonyl (C=O) groups is 2. The molecule has 6 nitrogen and oxygen atoms in total. The highest BCUT2D eigenvalue weighted by Crippen LogP contribution is 2.25. The third-order valence-electron chi connectivity index (χ3n) is 4.55. The minimum atomic E-state index is -0.999. The van der Waals surface area contributed by atoms with Gasteiger partial charge in [0.05, 0.1) is 28.9 Å². The molecule has 0 saturated heterocycles. The van der Waals surface area contributed by atoms with E-state index in [0.29, 0.717) is 12.2 Å². The van der Waals surface area contributed by atoms with E-state index < -0.39 is 5.97 Å². The number of hydrogen-bond acceptors (Lipinski definition) is 4. The molecule has 0 fully saturated rings. The summed E-state index contributed by atoms with van der Waals surface area (Å²) in [5, 5.41) is 12.5. The van der Waals surface area contributed by atoms with Crippen LogP contribution in [-0.4, -0.2) is 32.3 Å². The number of carbonyl (C=O) groups excluding carboxylic acids is 1. The number of imidazole rings is 1. The number of rotatable bonds is 7. The Hall–Kier alpha value is -3.58. The van der Waals surface area contributed by atoms with E-state index in [9.17, 15) is 9.59 Å². The minimum Gasteiger partial charge on any atom is -0.478 e. The van der Waals surface area contributed by atoms with Crippen molar-refractivity contribution >= 4 is 40.4 Å². The molecule has 7 heteroatoms. The van der Waals surface area contributed by atoms with Gasteiger partial charge in [0.1, 0.15) is 0 Å². The van der Waals surface area contributed by atoms with Crippen molar-refractivity contribution < 1.29 is 14.7 Å². The van der Waals surface area contributed by atoms with Crippen LogP contribution < -0.4 is 5.32 Å². The van der Waals surface area contributed by atoms with Crippen LogP contribution in [0.5, 0.6) is 0 Å². The number of para-hydroxylation sites is 2. The zero-order valence-corrected chi connectivity index (χ0v) is 16.8. The molecule has 0 aliphatic carbocycles. The maximum atomic E-state index is 12.4. The molecule has 1 aromatic heterocycles. The van der Waals surface area contributed by atoms with Gasteiger partial charge in [-0.05, 0) is 42.0 Å². The van der Waals surface area contributed by atoms with Gasteiger partial charge < -0.3 is 15.0 Å². The molecule has 4 rings (SSSR count). The SMILES string of the molecule is O=C(CSc1nc2ccccc2n1Cc1ccccc1)Nc1ccc(C(=O)O)cc1.